The number of thiophene rings is 1. The second-order valence-corrected chi connectivity index (χ2v) is 7.31. The molecule has 0 atom stereocenters. The summed E-state index contributed by atoms with van der Waals surface area (Å²) in [5.41, 5.74) is -0.0378. The van der Waals surface area contributed by atoms with Gasteiger partial charge in [0.05, 0.1) is 0 Å². The first kappa shape index (κ1) is 16.0. The molecule has 21 heavy (non-hydrogen) atoms. The van der Waals surface area contributed by atoms with Gasteiger partial charge in [-0.15, -0.1) is 11.3 Å². The maximum Gasteiger partial charge on any atom is 0.223 e. The highest BCUT2D eigenvalue weighted by Gasteiger charge is 2.28. The van der Waals surface area contributed by atoms with E-state index in [2.05, 4.69) is 30.6 Å². The van der Waals surface area contributed by atoms with Crippen molar-refractivity contribution < 1.29 is 9.59 Å². The van der Waals surface area contributed by atoms with Crippen LogP contribution in [-0.4, -0.2) is 36.3 Å². The van der Waals surface area contributed by atoms with Gasteiger partial charge >= 0.3 is 0 Å². The molecule has 1 aromatic heterocycles. The summed E-state index contributed by atoms with van der Waals surface area (Å²) in [6.45, 7) is 7.93. The van der Waals surface area contributed by atoms with Crippen LogP contribution in [0.15, 0.2) is 17.5 Å². The molecule has 1 fully saturated rings. The Bertz CT molecular complexity index is 488. The van der Waals surface area contributed by atoms with Crippen molar-refractivity contribution in [3.05, 3.63) is 22.4 Å². The molecule has 0 radical (unpaired) electrons. The highest BCUT2D eigenvalue weighted by atomic mass is 32.1. The van der Waals surface area contributed by atoms with Crippen LogP contribution in [0.1, 0.15) is 38.5 Å². The molecule has 0 spiro atoms. The molecule has 1 aromatic rings. The SMILES string of the molecule is CC(=O)N1CCC(C(=O)NCC(C)(C)c2cccs2)CC1. The van der Waals surface area contributed by atoms with E-state index in [1.165, 1.54) is 4.88 Å². The lowest BCUT2D eigenvalue weighted by molar-refractivity contribution is -0.134. The van der Waals surface area contributed by atoms with Crippen molar-refractivity contribution in [3.63, 3.8) is 0 Å². The van der Waals surface area contributed by atoms with E-state index >= 15 is 0 Å². The standard InChI is InChI=1S/C16H24N2O2S/c1-12(19)18-8-6-13(7-9-18)15(20)17-11-16(2,3)14-5-4-10-21-14/h4-5,10,13H,6-9,11H2,1-3H3,(H,17,20). The van der Waals surface area contributed by atoms with Gasteiger partial charge in [0.15, 0.2) is 0 Å². The number of nitrogens with one attached hydrogen (secondary N) is 1. The Morgan fingerprint density at radius 2 is 2.05 bits per heavy atom. The zero-order chi connectivity index (χ0) is 15.5. The molecule has 1 aliphatic rings. The van der Waals surface area contributed by atoms with E-state index in [0.717, 1.165) is 12.8 Å². The van der Waals surface area contributed by atoms with Crippen molar-refractivity contribution in [2.75, 3.05) is 19.6 Å². The van der Waals surface area contributed by atoms with Crippen molar-refractivity contribution in [2.45, 2.75) is 39.0 Å². The van der Waals surface area contributed by atoms with E-state index in [-0.39, 0.29) is 23.1 Å². The van der Waals surface area contributed by atoms with Crippen LogP contribution in [0, 0.1) is 5.92 Å². The number of piperidine rings is 1. The minimum Gasteiger partial charge on any atom is -0.355 e. The highest BCUT2D eigenvalue weighted by Crippen LogP contribution is 2.27. The lowest BCUT2D eigenvalue weighted by Gasteiger charge is -2.31. The molecule has 5 heteroatoms. The Kier molecular flexibility index (Phi) is 5.04. The van der Waals surface area contributed by atoms with Crippen LogP contribution >= 0.6 is 11.3 Å². The first-order valence-electron chi connectivity index (χ1n) is 7.47. The fraction of sp³-hybridized carbons (Fsp3) is 0.625. The number of hydrogen-bond donors (Lipinski definition) is 1. The predicted octanol–water partition coefficient (Wildman–Crippen LogP) is 2.40. The zero-order valence-corrected chi connectivity index (χ0v) is 13.8. The van der Waals surface area contributed by atoms with Crippen LogP contribution < -0.4 is 5.32 Å². The van der Waals surface area contributed by atoms with Crippen molar-refractivity contribution in [1.82, 2.24) is 10.2 Å². The number of nitrogens with zero attached hydrogens (tertiary/aromatic N) is 1. The predicted molar refractivity (Wildman–Crippen MR) is 85.3 cm³/mol. The van der Waals surface area contributed by atoms with Crippen molar-refractivity contribution in [3.8, 4) is 0 Å². The van der Waals surface area contributed by atoms with Crippen molar-refractivity contribution in [1.29, 1.82) is 0 Å². The van der Waals surface area contributed by atoms with Crippen LogP contribution in [0.3, 0.4) is 0 Å². The monoisotopic (exact) mass is 308 g/mol. The van der Waals surface area contributed by atoms with Gasteiger partial charge in [-0.05, 0) is 24.3 Å². The molecule has 1 N–H and O–H groups in total. The maximum atomic E-state index is 12.3. The topological polar surface area (TPSA) is 49.4 Å². The molecule has 0 saturated carbocycles. The summed E-state index contributed by atoms with van der Waals surface area (Å²) in [7, 11) is 0. The minimum atomic E-state index is -0.0378. The van der Waals surface area contributed by atoms with Gasteiger partial charge in [0, 0.05) is 42.8 Å². The number of likely N-dealkylation sites (tertiary alicyclic amines) is 1. The first-order chi connectivity index (χ1) is 9.90. The van der Waals surface area contributed by atoms with E-state index in [0.29, 0.717) is 19.6 Å². The smallest absolute Gasteiger partial charge is 0.223 e. The largest absolute Gasteiger partial charge is 0.355 e. The number of carbonyl (C=O) groups is 2. The average Bonchev–Trinajstić information content (AvgIpc) is 3.00. The lowest BCUT2D eigenvalue weighted by atomic mass is 9.90. The Hall–Kier alpha value is -1.36. The summed E-state index contributed by atoms with van der Waals surface area (Å²) in [5.74, 6) is 0.273. The second-order valence-electron chi connectivity index (χ2n) is 6.36. The molecule has 2 heterocycles. The van der Waals surface area contributed by atoms with Crippen LogP contribution in [0.2, 0.25) is 0 Å². The quantitative estimate of drug-likeness (QED) is 0.928. The number of amides is 2. The van der Waals surface area contributed by atoms with E-state index in [1.807, 2.05) is 11.0 Å². The van der Waals surface area contributed by atoms with E-state index < -0.39 is 0 Å². The van der Waals surface area contributed by atoms with Crippen molar-refractivity contribution in [2.24, 2.45) is 5.92 Å². The van der Waals surface area contributed by atoms with Crippen LogP contribution in [-0.2, 0) is 15.0 Å². The number of rotatable bonds is 4. The number of hydrogen-bond acceptors (Lipinski definition) is 3. The first-order valence-corrected chi connectivity index (χ1v) is 8.35. The highest BCUT2D eigenvalue weighted by molar-refractivity contribution is 7.10. The fourth-order valence-electron chi connectivity index (χ4n) is 2.66. The normalized spacial score (nSPS) is 16.8. The van der Waals surface area contributed by atoms with E-state index in [9.17, 15) is 9.59 Å². The molecule has 2 amide bonds. The Morgan fingerprint density at radius 3 is 2.57 bits per heavy atom. The maximum absolute atomic E-state index is 12.3. The van der Waals surface area contributed by atoms with Gasteiger partial charge < -0.3 is 10.2 Å². The molecular formula is C16H24N2O2S. The molecule has 116 valence electrons. The average molecular weight is 308 g/mol. The molecule has 0 unspecified atom stereocenters. The Balaban J connectivity index is 1.82. The van der Waals surface area contributed by atoms with Gasteiger partial charge in [0.2, 0.25) is 11.8 Å². The third-order valence-corrected chi connectivity index (χ3v) is 5.44. The lowest BCUT2D eigenvalue weighted by Crippen LogP contribution is -2.44. The van der Waals surface area contributed by atoms with Crippen LogP contribution in [0.5, 0.6) is 0 Å². The second kappa shape index (κ2) is 6.60. The molecule has 0 bridgehead atoms. The molecule has 0 aromatic carbocycles. The van der Waals surface area contributed by atoms with Gasteiger partial charge in [0.1, 0.15) is 0 Å². The molecule has 0 aliphatic carbocycles. The van der Waals surface area contributed by atoms with Gasteiger partial charge in [-0.3, -0.25) is 9.59 Å². The summed E-state index contributed by atoms with van der Waals surface area (Å²) in [6, 6.07) is 4.16. The van der Waals surface area contributed by atoms with Crippen LogP contribution in [0.4, 0.5) is 0 Å². The van der Waals surface area contributed by atoms with Crippen molar-refractivity contribution >= 4 is 23.2 Å². The molecule has 4 nitrogen and oxygen atoms in total. The fourth-order valence-corrected chi connectivity index (χ4v) is 3.51. The van der Waals surface area contributed by atoms with E-state index in [1.54, 1.807) is 18.3 Å². The van der Waals surface area contributed by atoms with Gasteiger partial charge in [-0.25, -0.2) is 0 Å². The third-order valence-electron chi connectivity index (χ3n) is 4.20. The van der Waals surface area contributed by atoms with Crippen LogP contribution in [0.25, 0.3) is 0 Å². The van der Waals surface area contributed by atoms with Gasteiger partial charge in [-0.1, -0.05) is 19.9 Å². The third kappa shape index (κ3) is 4.06. The van der Waals surface area contributed by atoms with E-state index in [4.69, 9.17) is 0 Å². The minimum absolute atomic E-state index is 0.0378. The summed E-state index contributed by atoms with van der Waals surface area (Å²) < 4.78 is 0. The molecule has 1 saturated heterocycles. The summed E-state index contributed by atoms with van der Waals surface area (Å²) in [6.07, 6.45) is 1.54. The Morgan fingerprint density at radius 1 is 1.38 bits per heavy atom. The van der Waals surface area contributed by atoms with Gasteiger partial charge in [0.25, 0.3) is 0 Å². The summed E-state index contributed by atoms with van der Waals surface area (Å²) >= 11 is 1.73. The molecule has 1 aliphatic heterocycles. The van der Waals surface area contributed by atoms with Gasteiger partial charge in [-0.2, -0.15) is 0 Å². The zero-order valence-electron chi connectivity index (χ0n) is 13.0. The molecule has 2 rings (SSSR count). The number of carbonyl (C=O) groups excluding carboxylic acids is 2. The summed E-state index contributed by atoms with van der Waals surface area (Å²) in [4.78, 5) is 26.7. The molecular weight excluding hydrogens is 284 g/mol. The summed E-state index contributed by atoms with van der Waals surface area (Å²) in [5, 5.41) is 5.16. The Labute approximate surface area is 130 Å².